The average Bonchev–Trinajstić information content (AvgIpc) is 2.42. The van der Waals surface area contributed by atoms with E-state index in [1.807, 2.05) is 11.9 Å². The fourth-order valence-corrected chi connectivity index (χ4v) is 2.98. The van der Waals surface area contributed by atoms with Gasteiger partial charge in [-0.15, -0.1) is 0 Å². The van der Waals surface area contributed by atoms with Crippen molar-refractivity contribution in [2.75, 3.05) is 26.7 Å². The van der Waals surface area contributed by atoms with E-state index in [0.717, 1.165) is 32.5 Å². The molecule has 0 aliphatic carbocycles. The molecule has 19 heavy (non-hydrogen) atoms. The van der Waals surface area contributed by atoms with Crippen LogP contribution < -0.4 is 5.32 Å². The largest absolute Gasteiger partial charge is 0.338 e. The van der Waals surface area contributed by atoms with Gasteiger partial charge in [-0.2, -0.15) is 0 Å². The molecule has 5 heteroatoms. The first kappa shape index (κ1) is 14.5. The van der Waals surface area contributed by atoms with Crippen LogP contribution in [0.3, 0.4) is 0 Å². The van der Waals surface area contributed by atoms with Gasteiger partial charge in [0, 0.05) is 13.1 Å². The Balaban J connectivity index is 2.12. The predicted molar refractivity (Wildman–Crippen MR) is 76.7 cm³/mol. The number of benzene rings is 1. The molecule has 1 aliphatic heterocycles. The number of nitrogens with one attached hydrogen (secondary N) is 1. The molecule has 3 nitrogen and oxygen atoms in total. The van der Waals surface area contributed by atoms with Gasteiger partial charge in [0.05, 0.1) is 10.0 Å². The van der Waals surface area contributed by atoms with Gasteiger partial charge in [-0.1, -0.05) is 6.07 Å². The van der Waals surface area contributed by atoms with Gasteiger partial charge in [-0.05, 0) is 60.4 Å². The molecule has 1 aliphatic rings. The minimum absolute atomic E-state index is 0.0906. The van der Waals surface area contributed by atoms with Gasteiger partial charge in [0.15, 0.2) is 0 Å². The number of nitrogens with zero attached hydrogens (tertiary/aromatic N) is 1. The van der Waals surface area contributed by atoms with Crippen molar-refractivity contribution in [1.29, 1.82) is 0 Å². The molecule has 1 aromatic carbocycles. The maximum Gasteiger partial charge on any atom is 0.255 e. The van der Waals surface area contributed by atoms with Crippen LogP contribution in [0.5, 0.6) is 0 Å². The second-order valence-corrected chi connectivity index (χ2v) is 5.71. The molecule has 0 aromatic heterocycles. The van der Waals surface area contributed by atoms with E-state index in [-0.39, 0.29) is 10.4 Å². The Morgan fingerprint density at radius 2 is 2.37 bits per heavy atom. The molecule has 1 saturated heterocycles. The van der Waals surface area contributed by atoms with Gasteiger partial charge in [0.2, 0.25) is 0 Å². The van der Waals surface area contributed by atoms with Crippen LogP contribution in [0.1, 0.15) is 23.2 Å². The molecular formula is C14H18BrFN2O. The molecule has 1 amide bonds. The first-order chi connectivity index (χ1) is 9.13. The molecular weight excluding hydrogens is 311 g/mol. The smallest absolute Gasteiger partial charge is 0.255 e. The van der Waals surface area contributed by atoms with E-state index in [1.54, 1.807) is 12.1 Å². The number of hydrogen-bond donors (Lipinski definition) is 1. The Labute approximate surface area is 121 Å². The zero-order valence-corrected chi connectivity index (χ0v) is 12.5. The van der Waals surface area contributed by atoms with Crippen LogP contribution in [0.25, 0.3) is 0 Å². The van der Waals surface area contributed by atoms with Crippen LogP contribution in [-0.4, -0.2) is 37.5 Å². The lowest BCUT2D eigenvalue weighted by atomic mass is 9.97. The average molecular weight is 329 g/mol. The van der Waals surface area contributed by atoms with Crippen molar-refractivity contribution < 1.29 is 9.18 Å². The number of carbonyl (C=O) groups excluding carboxylic acids is 1. The standard InChI is InChI=1S/C14H18BrFN2O/c1-17-8-10-4-3-7-18(9-10)14(19)11-5-2-6-12(16)13(11)15/h2,5-6,10,17H,3-4,7-9H2,1H3. The highest BCUT2D eigenvalue weighted by atomic mass is 79.9. The third-order valence-electron chi connectivity index (χ3n) is 3.48. The molecule has 0 radical (unpaired) electrons. The lowest BCUT2D eigenvalue weighted by molar-refractivity contribution is 0.0672. The van der Waals surface area contributed by atoms with Crippen LogP contribution in [0, 0.1) is 11.7 Å². The third-order valence-corrected chi connectivity index (χ3v) is 4.29. The highest BCUT2D eigenvalue weighted by molar-refractivity contribution is 9.10. The molecule has 1 unspecified atom stereocenters. The van der Waals surface area contributed by atoms with E-state index in [9.17, 15) is 9.18 Å². The van der Waals surface area contributed by atoms with E-state index in [0.29, 0.717) is 11.5 Å². The number of piperidine rings is 1. The molecule has 1 fully saturated rings. The molecule has 1 aromatic rings. The van der Waals surface area contributed by atoms with Gasteiger partial charge < -0.3 is 10.2 Å². The van der Waals surface area contributed by atoms with E-state index in [1.165, 1.54) is 6.07 Å². The molecule has 2 rings (SSSR count). The van der Waals surface area contributed by atoms with Crippen molar-refractivity contribution in [3.63, 3.8) is 0 Å². The van der Waals surface area contributed by atoms with Gasteiger partial charge >= 0.3 is 0 Å². The summed E-state index contributed by atoms with van der Waals surface area (Å²) < 4.78 is 13.7. The number of hydrogen-bond acceptors (Lipinski definition) is 2. The Hall–Kier alpha value is -0.940. The maximum atomic E-state index is 13.5. The van der Waals surface area contributed by atoms with Crippen LogP contribution >= 0.6 is 15.9 Å². The summed E-state index contributed by atoms with van der Waals surface area (Å²) in [6.07, 6.45) is 2.14. The Morgan fingerprint density at radius 1 is 1.58 bits per heavy atom. The zero-order chi connectivity index (χ0) is 13.8. The Bertz CT molecular complexity index is 465. The molecule has 0 spiro atoms. The minimum atomic E-state index is -0.394. The normalized spacial score (nSPS) is 19.5. The van der Waals surface area contributed by atoms with Crippen molar-refractivity contribution >= 4 is 21.8 Å². The highest BCUT2D eigenvalue weighted by Crippen LogP contribution is 2.24. The van der Waals surface area contributed by atoms with Gasteiger partial charge in [-0.25, -0.2) is 4.39 Å². The zero-order valence-electron chi connectivity index (χ0n) is 11.0. The molecule has 104 valence electrons. The van der Waals surface area contributed by atoms with E-state index in [4.69, 9.17) is 0 Å². The molecule has 1 atom stereocenters. The highest BCUT2D eigenvalue weighted by Gasteiger charge is 2.25. The fourth-order valence-electron chi connectivity index (χ4n) is 2.54. The van der Waals surface area contributed by atoms with Crippen molar-refractivity contribution in [2.24, 2.45) is 5.92 Å². The minimum Gasteiger partial charge on any atom is -0.338 e. The summed E-state index contributed by atoms with van der Waals surface area (Å²) in [5.74, 6) is -0.00292. The number of halogens is 2. The maximum absolute atomic E-state index is 13.5. The first-order valence-electron chi connectivity index (χ1n) is 6.51. The number of amides is 1. The second-order valence-electron chi connectivity index (χ2n) is 4.92. The number of rotatable bonds is 3. The van der Waals surface area contributed by atoms with Crippen LogP contribution in [0.15, 0.2) is 22.7 Å². The lowest BCUT2D eigenvalue weighted by Crippen LogP contribution is -2.42. The SMILES string of the molecule is CNCC1CCCN(C(=O)c2cccc(F)c2Br)C1. The number of likely N-dealkylation sites (tertiary alicyclic amines) is 1. The summed E-state index contributed by atoms with van der Waals surface area (Å²) in [5, 5.41) is 3.15. The van der Waals surface area contributed by atoms with Crippen LogP contribution in [-0.2, 0) is 0 Å². The van der Waals surface area contributed by atoms with Crippen molar-refractivity contribution in [3.8, 4) is 0 Å². The summed E-state index contributed by atoms with van der Waals surface area (Å²) in [7, 11) is 1.92. The summed E-state index contributed by atoms with van der Waals surface area (Å²) in [4.78, 5) is 14.3. The summed E-state index contributed by atoms with van der Waals surface area (Å²) >= 11 is 3.16. The fraction of sp³-hybridized carbons (Fsp3) is 0.500. The quantitative estimate of drug-likeness (QED) is 0.925. The van der Waals surface area contributed by atoms with Crippen molar-refractivity contribution in [1.82, 2.24) is 10.2 Å². The predicted octanol–water partition coefficient (Wildman–Crippen LogP) is 2.66. The Kier molecular flexibility index (Phi) is 4.93. The topological polar surface area (TPSA) is 32.3 Å². The Morgan fingerprint density at radius 3 is 3.11 bits per heavy atom. The molecule has 0 bridgehead atoms. The van der Waals surface area contributed by atoms with Crippen molar-refractivity contribution in [3.05, 3.63) is 34.1 Å². The van der Waals surface area contributed by atoms with E-state index < -0.39 is 5.82 Å². The molecule has 1 N–H and O–H groups in total. The van der Waals surface area contributed by atoms with Gasteiger partial charge in [-0.3, -0.25) is 4.79 Å². The molecule has 1 heterocycles. The molecule has 0 saturated carbocycles. The lowest BCUT2D eigenvalue weighted by Gasteiger charge is -2.33. The van der Waals surface area contributed by atoms with Crippen LogP contribution in [0.2, 0.25) is 0 Å². The second kappa shape index (κ2) is 6.48. The van der Waals surface area contributed by atoms with Gasteiger partial charge in [0.25, 0.3) is 5.91 Å². The summed E-state index contributed by atoms with van der Waals surface area (Å²) in [6.45, 7) is 2.40. The van der Waals surface area contributed by atoms with Crippen molar-refractivity contribution in [2.45, 2.75) is 12.8 Å². The van der Waals surface area contributed by atoms with E-state index >= 15 is 0 Å². The summed E-state index contributed by atoms with van der Waals surface area (Å²) in [6, 6.07) is 4.58. The third kappa shape index (κ3) is 3.34. The van der Waals surface area contributed by atoms with Gasteiger partial charge in [0.1, 0.15) is 5.82 Å². The number of carbonyl (C=O) groups is 1. The first-order valence-corrected chi connectivity index (χ1v) is 7.30. The van der Waals surface area contributed by atoms with Crippen LogP contribution in [0.4, 0.5) is 4.39 Å². The monoisotopic (exact) mass is 328 g/mol. The summed E-state index contributed by atoms with van der Waals surface area (Å²) in [5.41, 5.74) is 0.408. The van der Waals surface area contributed by atoms with E-state index in [2.05, 4.69) is 21.2 Å².